The van der Waals surface area contributed by atoms with Crippen molar-refractivity contribution in [3.8, 4) is 5.75 Å². The van der Waals surface area contributed by atoms with E-state index in [0.717, 1.165) is 22.4 Å². The maximum absolute atomic E-state index is 13.4. The molecular weight excluding hydrogens is 362 g/mol. The number of carbonyl (C=O) groups is 1. The zero-order chi connectivity index (χ0) is 20.2. The third kappa shape index (κ3) is 4.67. The van der Waals surface area contributed by atoms with Crippen molar-refractivity contribution in [2.75, 3.05) is 7.11 Å². The number of methoxy groups -OCH3 is 1. The van der Waals surface area contributed by atoms with Gasteiger partial charge < -0.3 is 9.64 Å². The Morgan fingerprint density at radius 2 is 1.83 bits per heavy atom. The molecule has 1 aromatic heterocycles. The number of hydrogen-bond acceptors (Lipinski definition) is 3. The maximum Gasteiger partial charge on any atom is 0.254 e. The van der Waals surface area contributed by atoms with Crippen LogP contribution in [0.2, 0.25) is 0 Å². The Hall–Kier alpha value is -3.08. The number of aromatic nitrogens is 2. The van der Waals surface area contributed by atoms with E-state index in [2.05, 4.69) is 12.0 Å². The van der Waals surface area contributed by atoms with Crippen LogP contribution in [-0.2, 0) is 13.1 Å². The molecule has 0 N–H and O–H groups in total. The van der Waals surface area contributed by atoms with Gasteiger partial charge in [-0.25, -0.2) is 0 Å². The molecule has 1 aliphatic rings. The van der Waals surface area contributed by atoms with Crippen LogP contribution in [0.15, 0.2) is 67.0 Å². The van der Waals surface area contributed by atoms with Crippen molar-refractivity contribution in [1.82, 2.24) is 14.7 Å². The molecule has 0 spiro atoms. The minimum absolute atomic E-state index is 0.0888. The summed E-state index contributed by atoms with van der Waals surface area (Å²) in [6, 6.07) is 18.0. The van der Waals surface area contributed by atoms with Crippen molar-refractivity contribution in [2.45, 2.75) is 38.9 Å². The zero-order valence-corrected chi connectivity index (χ0v) is 17.0. The van der Waals surface area contributed by atoms with E-state index in [-0.39, 0.29) is 11.9 Å². The van der Waals surface area contributed by atoms with E-state index in [1.54, 1.807) is 13.3 Å². The molecule has 150 valence electrons. The van der Waals surface area contributed by atoms with E-state index < -0.39 is 0 Å². The maximum atomic E-state index is 13.4. The summed E-state index contributed by atoms with van der Waals surface area (Å²) in [5.41, 5.74) is 2.97. The molecule has 0 aliphatic heterocycles. The fourth-order valence-corrected chi connectivity index (χ4v) is 3.66. The average molecular weight is 389 g/mol. The van der Waals surface area contributed by atoms with Crippen LogP contribution in [0.4, 0.5) is 0 Å². The fraction of sp³-hybridized carbons (Fsp3) is 0.333. The van der Waals surface area contributed by atoms with E-state index in [4.69, 9.17) is 4.74 Å². The summed E-state index contributed by atoms with van der Waals surface area (Å²) in [6.07, 6.45) is 6.12. The van der Waals surface area contributed by atoms with Crippen LogP contribution >= 0.6 is 0 Å². The SMILES string of the molecule is COc1ccc(CN(C(=O)c2ccc(Cn3cccn3)cc2)C(C)C2CC2)cc1. The summed E-state index contributed by atoms with van der Waals surface area (Å²) in [6.45, 7) is 3.48. The van der Waals surface area contributed by atoms with Gasteiger partial charge in [0.15, 0.2) is 0 Å². The molecule has 1 unspecified atom stereocenters. The van der Waals surface area contributed by atoms with Crippen molar-refractivity contribution in [2.24, 2.45) is 5.92 Å². The first kappa shape index (κ1) is 19.2. The summed E-state index contributed by atoms with van der Waals surface area (Å²) in [7, 11) is 1.66. The third-order valence-electron chi connectivity index (χ3n) is 5.67. The van der Waals surface area contributed by atoms with Crippen LogP contribution in [0.25, 0.3) is 0 Å². The van der Waals surface area contributed by atoms with E-state index in [1.807, 2.05) is 70.4 Å². The minimum atomic E-state index is 0.0888. The van der Waals surface area contributed by atoms with Crippen LogP contribution in [0.5, 0.6) is 5.75 Å². The molecule has 1 fully saturated rings. The topological polar surface area (TPSA) is 47.4 Å². The zero-order valence-electron chi connectivity index (χ0n) is 17.0. The molecule has 1 atom stereocenters. The molecule has 1 aliphatic carbocycles. The molecule has 1 saturated carbocycles. The number of rotatable bonds is 8. The molecule has 2 aromatic carbocycles. The number of amides is 1. The Balaban J connectivity index is 1.50. The van der Waals surface area contributed by atoms with E-state index >= 15 is 0 Å². The van der Waals surface area contributed by atoms with Crippen LogP contribution < -0.4 is 4.74 Å². The first-order valence-electron chi connectivity index (χ1n) is 10.1. The van der Waals surface area contributed by atoms with Crippen LogP contribution in [0, 0.1) is 5.92 Å². The lowest BCUT2D eigenvalue weighted by Gasteiger charge is -2.30. The van der Waals surface area contributed by atoms with Crippen LogP contribution in [-0.4, -0.2) is 33.7 Å². The van der Waals surface area contributed by atoms with Gasteiger partial charge in [-0.3, -0.25) is 9.48 Å². The number of nitrogens with zero attached hydrogens (tertiary/aromatic N) is 3. The molecule has 0 bridgehead atoms. The average Bonchev–Trinajstić information content (AvgIpc) is 3.49. The molecule has 1 heterocycles. The minimum Gasteiger partial charge on any atom is -0.497 e. The molecule has 5 nitrogen and oxygen atoms in total. The second-order valence-corrected chi connectivity index (χ2v) is 7.76. The molecule has 5 heteroatoms. The molecule has 0 radical (unpaired) electrons. The quantitative estimate of drug-likeness (QED) is 0.574. The van der Waals surface area contributed by atoms with Crippen LogP contribution in [0.3, 0.4) is 0 Å². The highest BCUT2D eigenvalue weighted by Gasteiger charge is 2.34. The number of carbonyl (C=O) groups excluding carboxylic acids is 1. The van der Waals surface area contributed by atoms with E-state index in [0.29, 0.717) is 19.0 Å². The summed E-state index contributed by atoms with van der Waals surface area (Å²) < 4.78 is 7.13. The molecule has 29 heavy (non-hydrogen) atoms. The normalized spacial score (nSPS) is 14.4. The van der Waals surface area contributed by atoms with Gasteiger partial charge >= 0.3 is 0 Å². The summed E-state index contributed by atoms with van der Waals surface area (Å²) >= 11 is 0. The Morgan fingerprint density at radius 1 is 1.14 bits per heavy atom. The highest BCUT2D eigenvalue weighted by atomic mass is 16.5. The molecule has 0 saturated heterocycles. The number of ether oxygens (including phenoxy) is 1. The summed E-state index contributed by atoms with van der Waals surface area (Å²) in [4.78, 5) is 15.4. The summed E-state index contributed by atoms with van der Waals surface area (Å²) in [5, 5.41) is 4.24. The van der Waals surface area contributed by atoms with E-state index in [9.17, 15) is 4.79 Å². The fourth-order valence-electron chi connectivity index (χ4n) is 3.66. The predicted molar refractivity (Wildman–Crippen MR) is 113 cm³/mol. The Labute approximate surface area is 171 Å². The van der Waals surface area contributed by atoms with Crippen molar-refractivity contribution >= 4 is 5.91 Å². The van der Waals surface area contributed by atoms with Crippen molar-refractivity contribution in [3.63, 3.8) is 0 Å². The predicted octanol–water partition coefficient (Wildman–Crippen LogP) is 4.38. The lowest BCUT2D eigenvalue weighted by molar-refractivity contribution is 0.0654. The molecule has 3 aromatic rings. The van der Waals surface area contributed by atoms with Crippen LogP contribution in [0.1, 0.15) is 41.3 Å². The van der Waals surface area contributed by atoms with Gasteiger partial charge in [0.05, 0.1) is 13.7 Å². The van der Waals surface area contributed by atoms with Gasteiger partial charge in [0.25, 0.3) is 5.91 Å². The van der Waals surface area contributed by atoms with E-state index in [1.165, 1.54) is 12.8 Å². The van der Waals surface area contributed by atoms with Gasteiger partial charge in [-0.2, -0.15) is 5.10 Å². The molecule has 4 rings (SSSR count). The highest BCUT2D eigenvalue weighted by Crippen LogP contribution is 2.36. The van der Waals surface area contributed by atoms with Gasteiger partial charge in [0, 0.05) is 30.5 Å². The smallest absolute Gasteiger partial charge is 0.254 e. The molecular formula is C24H27N3O2. The Morgan fingerprint density at radius 3 is 2.41 bits per heavy atom. The van der Waals surface area contributed by atoms with Crippen molar-refractivity contribution in [1.29, 1.82) is 0 Å². The summed E-state index contributed by atoms with van der Waals surface area (Å²) in [5.74, 6) is 1.52. The molecule has 1 amide bonds. The monoisotopic (exact) mass is 389 g/mol. The number of benzene rings is 2. The Kier molecular flexibility index (Phi) is 5.65. The largest absolute Gasteiger partial charge is 0.497 e. The van der Waals surface area contributed by atoms with Gasteiger partial charge in [0.1, 0.15) is 5.75 Å². The highest BCUT2D eigenvalue weighted by molar-refractivity contribution is 5.94. The van der Waals surface area contributed by atoms with Crippen molar-refractivity contribution < 1.29 is 9.53 Å². The van der Waals surface area contributed by atoms with Gasteiger partial charge in [-0.1, -0.05) is 24.3 Å². The lowest BCUT2D eigenvalue weighted by atomic mass is 10.1. The first-order chi connectivity index (χ1) is 14.1. The number of hydrogen-bond donors (Lipinski definition) is 0. The second-order valence-electron chi connectivity index (χ2n) is 7.76. The lowest BCUT2D eigenvalue weighted by Crippen LogP contribution is -2.39. The Bertz CT molecular complexity index is 929. The third-order valence-corrected chi connectivity index (χ3v) is 5.67. The standard InChI is InChI=1S/C24H27N3O2/c1-18(21-10-11-21)27(17-20-6-12-23(29-2)13-7-20)24(28)22-8-4-19(5-9-22)16-26-15-3-14-25-26/h3-9,12-15,18,21H,10-11,16-17H2,1-2H3. The van der Waals surface area contributed by atoms with Crippen molar-refractivity contribution in [3.05, 3.63) is 83.7 Å². The van der Waals surface area contributed by atoms with Gasteiger partial charge in [0.2, 0.25) is 0 Å². The second kappa shape index (κ2) is 8.52. The first-order valence-corrected chi connectivity index (χ1v) is 10.1. The van der Waals surface area contributed by atoms with Gasteiger partial charge in [-0.05, 0) is 67.1 Å². The van der Waals surface area contributed by atoms with Gasteiger partial charge in [-0.15, -0.1) is 0 Å².